The molecule has 0 radical (unpaired) electrons. The lowest BCUT2D eigenvalue weighted by Crippen LogP contribution is -2.63. The molecule has 0 aromatic rings. The lowest BCUT2D eigenvalue weighted by molar-refractivity contribution is -0.148. The van der Waals surface area contributed by atoms with E-state index < -0.39 is 48.4 Å². The zero-order valence-corrected chi connectivity index (χ0v) is 10.7. The van der Waals surface area contributed by atoms with Gasteiger partial charge in [-0.25, -0.2) is 4.79 Å². The Morgan fingerprint density at radius 2 is 2.05 bits per heavy atom. The van der Waals surface area contributed by atoms with Crippen molar-refractivity contribution >= 4 is 11.9 Å². The van der Waals surface area contributed by atoms with Crippen molar-refractivity contribution in [1.82, 2.24) is 10.2 Å². The van der Waals surface area contributed by atoms with Crippen LogP contribution in [0.15, 0.2) is 0 Å². The number of carbonyl (C=O) groups is 2. The molecule has 1 unspecified atom stereocenters. The number of urea groups is 1. The molecule has 8 nitrogen and oxygen atoms in total. The van der Waals surface area contributed by atoms with Gasteiger partial charge >= 0.3 is 6.03 Å². The van der Waals surface area contributed by atoms with Crippen molar-refractivity contribution in [3.8, 4) is 0 Å². The molecular weight excluding hydrogens is 256 g/mol. The molecule has 108 valence electrons. The summed E-state index contributed by atoms with van der Waals surface area (Å²) in [6, 6.07) is -0.519. The van der Waals surface area contributed by atoms with Crippen LogP contribution in [0.5, 0.6) is 0 Å². The Morgan fingerprint density at radius 3 is 2.58 bits per heavy atom. The van der Waals surface area contributed by atoms with E-state index in [2.05, 4.69) is 5.32 Å². The molecule has 2 aliphatic rings. The van der Waals surface area contributed by atoms with Crippen molar-refractivity contribution in [1.29, 1.82) is 0 Å². The van der Waals surface area contributed by atoms with Gasteiger partial charge in [0.2, 0.25) is 5.91 Å². The fourth-order valence-corrected chi connectivity index (χ4v) is 2.62. The summed E-state index contributed by atoms with van der Waals surface area (Å²) < 4.78 is 5.38. The van der Waals surface area contributed by atoms with E-state index in [0.717, 1.165) is 0 Å². The summed E-state index contributed by atoms with van der Waals surface area (Å²) in [6.07, 6.45) is -4.49. The van der Waals surface area contributed by atoms with Crippen LogP contribution < -0.4 is 5.32 Å². The van der Waals surface area contributed by atoms with Crippen LogP contribution in [-0.2, 0) is 9.53 Å². The van der Waals surface area contributed by atoms with E-state index in [9.17, 15) is 19.8 Å². The smallest absolute Gasteiger partial charge is 0.323 e. The Labute approximate surface area is 110 Å². The van der Waals surface area contributed by atoms with Gasteiger partial charge in [0.15, 0.2) is 0 Å². The first-order valence-corrected chi connectivity index (χ1v) is 6.00. The predicted octanol–water partition coefficient (Wildman–Crippen LogP) is -2.34. The fraction of sp³-hybridized carbons (Fsp3) is 0.818. The molecule has 0 aliphatic carbocycles. The normalized spacial score (nSPS) is 43.5. The Bertz CT molecular complexity index is 403. The van der Waals surface area contributed by atoms with E-state index in [4.69, 9.17) is 9.84 Å². The summed E-state index contributed by atoms with van der Waals surface area (Å²) >= 11 is 0. The molecule has 0 bridgehead atoms. The van der Waals surface area contributed by atoms with Crippen LogP contribution in [0.25, 0.3) is 0 Å². The maximum Gasteiger partial charge on any atom is 0.323 e. The molecule has 2 heterocycles. The molecule has 0 aromatic heterocycles. The van der Waals surface area contributed by atoms with Gasteiger partial charge in [-0.3, -0.25) is 10.1 Å². The lowest BCUT2D eigenvalue weighted by atomic mass is 9.78. The molecule has 4 N–H and O–H groups in total. The number of nitrogens with zero attached hydrogens (tertiary/aromatic N) is 1. The van der Waals surface area contributed by atoms with Crippen molar-refractivity contribution < 1.29 is 29.6 Å². The highest BCUT2D eigenvalue weighted by molar-refractivity contribution is 6.00. The Morgan fingerprint density at radius 1 is 1.42 bits per heavy atom. The number of hydrogen-bond donors (Lipinski definition) is 4. The van der Waals surface area contributed by atoms with Gasteiger partial charge in [-0.1, -0.05) is 0 Å². The number of nitrogens with one attached hydrogen (secondary N) is 1. The third-order valence-corrected chi connectivity index (χ3v) is 3.82. The number of imide groups is 1. The largest absolute Gasteiger partial charge is 0.394 e. The van der Waals surface area contributed by atoms with Crippen molar-refractivity contribution in [3.63, 3.8) is 0 Å². The average molecular weight is 274 g/mol. The monoisotopic (exact) mass is 274 g/mol. The van der Waals surface area contributed by atoms with Gasteiger partial charge in [0.1, 0.15) is 24.4 Å². The molecule has 8 heteroatoms. The van der Waals surface area contributed by atoms with E-state index in [-0.39, 0.29) is 6.54 Å². The molecule has 19 heavy (non-hydrogen) atoms. The third-order valence-electron chi connectivity index (χ3n) is 3.82. The van der Waals surface area contributed by atoms with Crippen LogP contribution in [0.2, 0.25) is 0 Å². The highest BCUT2D eigenvalue weighted by Gasteiger charge is 2.56. The SMILES string of the molecule is CN1CC(C)([C@@H]2O[C@H](CO)[C@@H](O)[C@H]2O)C(=O)NC1=O. The summed E-state index contributed by atoms with van der Waals surface area (Å²) in [5.41, 5.74) is -1.19. The van der Waals surface area contributed by atoms with Gasteiger partial charge in [0.05, 0.1) is 12.0 Å². The van der Waals surface area contributed by atoms with Crippen LogP contribution >= 0.6 is 0 Å². The zero-order valence-electron chi connectivity index (χ0n) is 10.7. The van der Waals surface area contributed by atoms with E-state index in [1.165, 1.54) is 11.9 Å². The summed E-state index contributed by atoms with van der Waals surface area (Å²) in [5.74, 6) is -0.564. The first kappa shape index (κ1) is 14.2. The topological polar surface area (TPSA) is 119 Å². The molecule has 2 saturated heterocycles. The molecule has 0 saturated carbocycles. The Kier molecular flexibility index (Phi) is 3.52. The van der Waals surface area contributed by atoms with E-state index >= 15 is 0 Å². The van der Waals surface area contributed by atoms with Gasteiger partial charge in [0.25, 0.3) is 0 Å². The zero-order chi connectivity index (χ0) is 14.4. The van der Waals surface area contributed by atoms with Crippen molar-refractivity contribution in [2.75, 3.05) is 20.2 Å². The minimum atomic E-state index is -1.30. The number of aliphatic hydroxyl groups is 3. The number of carbonyl (C=O) groups excluding carboxylic acids is 2. The Hall–Kier alpha value is -1.22. The number of rotatable bonds is 2. The van der Waals surface area contributed by atoms with E-state index in [1.807, 2.05) is 0 Å². The van der Waals surface area contributed by atoms with Crippen LogP contribution in [0.4, 0.5) is 4.79 Å². The fourth-order valence-electron chi connectivity index (χ4n) is 2.62. The highest BCUT2D eigenvalue weighted by atomic mass is 16.6. The molecular formula is C11H18N2O6. The standard InChI is InChI=1S/C11H18N2O6/c1-11(4-13(2)10(18)12-9(11)17)8-7(16)6(15)5(3-14)19-8/h5-8,14-16H,3-4H2,1-2H3,(H,12,17,18)/t5-,6-,7-,8-,11?/m1/s1. The number of hydrogen-bond acceptors (Lipinski definition) is 6. The predicted molar refractivity (Wildman–Crippen MR) is 62.0 cm³/mol. The summed E-state index contributed by atoms with van der Waals surface area (Å²) in [4.78, 5) is 24.7. The van der Waals surface area contributed by atoms with Crippen LogP contribution in [0.1, 0.15) is 6.92 Å². The quantitative estimate of drug-likeness (QED) is 0.448. The number of aliphatic hydroxyl groups excluding tert-OH is 3. The van der Waals surface area contributed by atoms with Crippen molar-refractivity contribution in [2.24, 2.45) is 5.41 Å². The highest BCUT2D eigenvalue weighted by Crippen LogP contribution is 2.37. The number of ether oxygens (including phenoxy) is 1. The summed E-state index contributed by atoms with van der Waals surface area (Å²) in [7, 11) is 1.52. The third kappa shape index (κ3) is 2.10. The van der Waals surface area contributed by atoms with E-state index in [0.29, 0.717) is 0 Å². The number of amides is 3. The Balaban J connectivity index is 2.25. The average Bonchev–Trinajstić information content (AvgIpc) is 2.64. The van der Waals surface area contributed by atoms with Crippen molar-refractivity contribution in [2.45, 2.75) is 31.3 Å². The molecule has 3 amide bonds. The minimum absolute atomic E-state index is 0.0598. The maximum atomic E-state index is 12.0. The second-order valence-electron chi connectivity index (χ2n) is 5.29. The second kappa shape index (κ2) is 4.71. The molecule has 2 rings (SSSR count). The van der Waals surface area contributed by atoms with Crippen molar-refractivity contribution in [3.05, 3.63) is 0 Å². The van der Waals surface area contributed by atoms with Gasteiger partial charge in [-0.05, 0) is 6.92 Å². The van der Waals surface area contributed by atoms with Gasteiger partial charge in [0, 0.05) is 13.6 Å². The summed E-state index contributed by atoms with van der Waals surface area (Å²) in [6.45, 7) is 1.15. The minimum Gasteiger partial charge on any atom is -0.394 e. The van der Waals surface area contributed by atoms with Crippen LogP contribution in [0, 0.1) is 5.41 Å². The lowest BCUT2D eigenvalue weighted by Gasteiger charge is -2.41. The van der Waals surface area contributed by atoms with Gasteiger partial charge in [-0.15, -0.1) is 0 Å². The van der Waals surface area contributed by atoms with E-state index in [1.54, 1.807) is 6.92 Å². The maximum absolute atomic E-state index is 12.0. The van der Waals surface area contributed by atoms with Gasteiger partial charge in [-0.2, -0.15) is 0 Å². The van der Waals surface area contributed by atoms with Crippen LogP contribution in [-0.4, -0.2) is 76.8 Å². The first-order chi connectivity index (χ1) is 8.81. The molecule has 0 spiro atoms. The molecule has 5 atom stereocenters. The molecule has 2 aliphatic heterocycles. The molecule has 0 aromatic carbocycles. The molecule has 2 fully saturated rings. The first-order valence-electron chi connectivity index (χ1n) is 6.00. The second-order valence-corrected chi connectivity index (χ2v) is 5.29. The van der Waals surface area contributed by atoms with Crippen LogP contribution in [0.3, 0.4) is 0 Å². The summed E-state index contributed by atoms with van der Waals surface area (Å²) in [5, 5.41) is 30.9. The van der Waals surface area contributed by atoms with Gasteiger partial charge < -0.3 is 25.0 Å².